The SMILES string of the molecule is O[C@@H](c1ccccc1Br)c1ccc2c3c(cccc13)CC2. The van der Waals surface area contributed by atoms with Crippen molar-refractivity contribution in [2.45, 2.75) is 18.9 Å². The Labute approximate surface area is 132 Å². The van der Waals surface area contributed by atoms with Crippen molar-refractivity contribution in [3.63, 3.8) is 0 Å². The minimum absolute atomic E-state index is 0.606. The molecule has 3 aromatic rings. The second-order valence-electron chi connectivity index (χ2n) is 5.58. The molecule has 0 spiro atoms. The van der Waals surface area contributed by atoms with Crippen molar-refractivity contribution >= 4 is 26.7 Å². The molecule has 1 nitrogen and oxygen atoms in total. The van der Waals surface area contributed by atoms with E-state index in [1.165, 1.54) is 21.9 Å². The van der Waals surface area contributed by atoms with Crippen LogP contribution in [0.5, 0.6) is 0 Å². The number of hydrogen-bond donors (Lipinski definition) is 1. The number of aryl methyl sites for hydroxylation is 2. The zero-order valence-corrected chi connectivity index (χ0v) is 13.1. The van der Waals surface area contributed by atoms with Gasteiger partial charge in [-0.3, -0.25) is 0 Å². The summed E-state index contributed by atoms with van der Waals surface area (Å²) in [4.78, 5) is 0. The van der Waals surface area contributed by atoms with Crippen molar-refractivity contribution in [3.05, 3.63) is 81.3 Å². The third-order valence-electron chi connectivity index (χ3n) is 4.41. The molecule has 0 aliphatic heterocycles. The summed E-state index contributed by atoms with van der Waals surface area (Å²) >= 11 is 3.54. The van der Waals surface area contributed by atoms with Gasteiger partial charge in [0.15, 0.2) is 0 Å². The van der Waals surface area contributed by atoms with Gasteiger partial charge in [-0.05, 0) is 51.9 Å². The predicted molar refractivity (Wildman–Crippen MR) is 89.6 cm³/mol. The van der Waals surface area contributed by atoms with E-state index in [0.29, 0.717) is 0 Å². The monoisotopic (exact) mass is 338 g/mol. The average molecular weight is 339 g/mol. The third-order valence-corrected chi connectivity index (χ3v) is 5.13. The molecule has 1 aliphatic carbocycles. The van der Waals surface area contributed by atoms with E-state index in [0.717, 1.165) is 28.4 Å². The largest absolute Gasteiger partial charge is 0.384 e. The standard InChI is InChI=1S/C19H15BrO/c20-17-7-2-1-5-16(17)19(21)15-11-10-13-9-8-12-4-3-6-14(15)18(12)13/h1-7,10-11,19,21H,8-9H2/t19-/m1/s1. The van der Waals surface area contributed by atoms with Gasteiger partial charge >= 0.3 is 0 Å². The van der Waals surface area contributed by atoms with Crippen LogP contribution in [0.2, 0.25) is 0 Å². The average Bonchev–Trinajstić information content (AvgIpc) is 2.93. The van der Waals surface area contributed by atoms with Gasteiger partial charge < -0.3 is 5.11 Å². The molecule has 4 rings (SSSR count). The van der Waals surface area contributed by atoms with Crippen molar-refractivity contribution in [2.75, 3.05) is 0 Å². The predicted octanol–water partition coefficient (Wildman–Crippen LogP) is 4.78. The fraction of sp³-hybridized carbons (Fsp3) is 0.158. The molecule has 0 saturated carbocycles. The lowest BCUT2D eigenvalue weighted by Crippen LogP contribution is -2.02. The van der Waals surface area contributed by atoms with E-state index < -0.39 is 6.10 Å². The zero-order chi connectivity index (χ0) is 14.4. The van der Waals surface area contributed by atoms with Crippen molar-refractivity contribution < 1.29 is 5.11 Å². The maximum Gasteiger partial charge on any atom is 0.106 e. The van der Waals surface area contributed by atoms with E-state index in [9.17, 15) is 5.11 Å². The molecule has 104 valence electrons. The molecular formula is C19H15BrO. The second kappa shape index (κ2) is 4.97. The molecule has 0 saturated heterocycles. The van der Waals surface area contributed by atoms with Crippen LogP contribution in [0.3, 0.4) is 0 Å². The van der Waals surface area contributed by atoms with Gasteiger partial charge in [0.25, 0.3) is 0 Å². The number of halogens is 1. The van der Waals surface area contributed by atoms with Crippen LogP contribution in [0.25, 0.3) is 10.8 Å². The molecule has 0 heterocycles. The van der Waals surface area contributed by atoms with Crippen LogP contribution in [-0.2, 0) is 12.8 Å². The fourth-order valence-electron chi connectivity index (χ4n) is 3.37. The number of rotatable bonds is 2. The number of aliphatic hydroxyl groups excluding tert-OH is 1. The maximum atomic E-state index is 10.8. The van der Waals surface area contributed by atoms with Crippen molar-refractivity contribution in [3.8, 4) is 0 Å². The quantitative estimate of drug-likeness (QED) is 0.712. The van der Waals surface area contributed by atoms with Crippen LogP contribution >= 0.6 is 15.9 Å². The molecule has 1 N–H and O–H groups in total. The van der Waals surface area contributed by atoms with Gasteiger partial charge in [0, 0.05) is 4.47 Å². The summed E-state index contributed by atoms with van der Waals surface area (Å²) in [5, 5.41) is 13.4. The van der Waals surface area contributed by atoms with Crippen molar-refractivity contribution in [2.24, 2.45) is 0 Å². The summed E-state index contributed by atoms with van der Waals surface area (Å²) in [5.74, 6) is 0. The van der Waals surface area contributed by atoms with Gasteiger partial charge in [0.2, 0.25) is 0 Å². The van der Waals surface area contributed by atoms with Gasteiger partial charge in [-0.2, -0.15) is 0 Å². The van der Waals surface area contributed by atoms with Gasteiger partial charge in [-0.25, -0.2) is 0 Å². The second-order valence-corrected chi connectivity index (χ2v) is 6.43. The van der Waals surface area contributed by atoms with Gasteiger partial charge in [-0.1, -0.05) is 64.5 Å². The molecular weight excluding hydrogens is 324 g/mol. The Morgan fingerprint density at radius 3 is 2.38 bits per heavy atom. The Kier molecular flexibility index (Phi) is 3.09. The highest BCUT2D eigenvalue weighted by molar-refractivity contribution is 9.10. The van der Waals surface area contributed by atoms with Crippen LogP contribution in [0.4, 0.5) is 0 Å². The Morgan fingerprint density at radius 2 is 1.57 bits per heavy atom. The fourth-order valence-corrected chi connectivity index (χ4v) is 3.87. The van der Waals surface area contributed by atoms with Crippen LogP contribution in [0, 0.1) is 0 Å². The smallest absolute Gasteiger partial charge is 0.106 e. The first-order valence-electron chi connectivity index (χ1n) is 7.21. The summed E-state index contributed by atoms with van der Waals surface area (Å²) in [6.45, 7) is 0. The van der Waals surface area contributed by atoms with E-state index in [-0.39, 0.29) is 0 Å². The first kappa shape index (κ1) is 13.1. The summed E-state index contributed by atoms with van der Waals surface area (Å²) in [7, 11) is 0. The first-order chi connectivity index (χ1) is 10.3. The van der Waals surface area contributed by atoms with Gasteiger partial charge in [-0.15, -0.1) is 0 Å². The summed E-state index contributed by atoms with van der Waals surface area (Å²) in [6, 6.07) is 18.6. The Morgan fingerprint density at radius 1 is 0.810 bits per heavy atom. The molecule has 0 aromatic heterocycles. The van der Waals surface area contributed by atoms with Crippen LogP contribution in [0.15, 0.2) is 59.1 Å². The summed E-state index contributed by atoms with van der Waals surface area (Å²) < 4.78 is 0.945. The van der Waals surface area contributed by atoms with E-state index in [1.54, 1.807) is 0 Å². The zero-order valence-electron chi connectivity index (χ0n) is 11.5. The molecule has 0 unspecified atom stereocenters. The molecule has 1 aliphatic rings. The number of aliphatic hydroxyl groups is 1. The highest BCUT2D eigenvalue weighted by Gasteiger charge is 2.20. The Balaban J connectivity index is 1.94. The van der Waals surface area contributed by atoms with E-state index in [1.807, 2.05) is 24.3 Å². The molecule has 0 amide bonds. The normalized spacial score (nSPS) is 14.6. The minimum Gasteiger partial charge on any atom is -0.384 e. The first-order valence-corrected chi connectivity index (χ1v) is 8.01. The lowest BCUT2D eigenvalue weighted by atomic mass is 9.93. The van der Waals surface area contributed by atoms with E-state index >= 15 is 0 Å². The highest BCUT2D eigenvalue weighted by Crippen LogP contribution is 2.37. The van der Waals surface area contributed by atoms with Crippen LogP contribution in [-0.4, -0.2) is 5.11 Å². The lowest BCUT2D eigenvalue weighted by Gasteiger charge is -2.16. The van der Waals surface area contributed by atoms with Crippen molar-refractivity contribution in [1.29, 1.82) is 0 Å². The molecule has 21 heavy (non-hydrogen) atoms. The lowest BCUT2D eigenvalue weighted by molar-refractivity contribution is 0.221. The third kappa shape index (κ3) is 2.02. The molecule has 1 atom stereocenters. The topological polar surface area (TPSA) is 20.2 Å². The van der Waals surface area contributed by atoms with Gasteiger partial charge in [0.05, 0.1) is 0 Å². The molecule has 0 bridgehead atoms. The van der Waals surface area contributed by atoms with Crippen LogP contribution < -0.4 is 0 Å². The summed E-state index contributed by atoms with van der Waals surface area (Å²) in [5.41, 5.74) is 4.72. The maximum absolute atomic E-state index is 10.8. The van der Waals surface area contributed by atoms with E-state index in [4.69, 9.17) is 0 Å². The minimum atomic E-state index is -0.606. The number of hydrogen-bond acceptors (Lipinski definition) is 1. The molecule has 3 aromatic carbocycles. The Bertz CT molecular complexity index is 828. The molecule has 0 fully saturated rings. The van der Waals surface area contributed by atoms with Crippen molar-refractivity contribution in [1.82, 2.24) is 0 Å². The summed E-state index contributed by atoms with van der Waals surface area (Å²) in [6.07, 6.45) is 1.62. The highest BCUT2D eigenvalue weighted by atomic mass is 79.9. The Hall–Kier alpha value is -1.64. The van der Waals surface area contributed by atoms with E-state index in [2.05, 4.69) is 46.3 Å². The number of benzene rings is 3. The molecule has 2 heteroatoms. The van der Waals surface area contributed by atoms with Crippen LogP contribution in [0.1, 0.15) is 28.4 Å². The molecule has 0 radical (unpaired) electrons. The van der Waals surface area contributed by atoms with Gasteiger partial charge in [0.1, 0.15) is 6.10 Å².